The van der Waals surface area contributed by atoms with Crippen molar-refractivity contribution in [2.45, 2.75) is 59.6 Å². The van der Waals surface area contributed by atoms with Crippen LogP contribution in [0.25, 0.3) is 5.65 Å². The van der Waals surface area contributed by atoms with Gasteiger partial charge in [-0.25, -0.2) is 4.98 Å². The van der Waals surface area contributed by atoms with Gasteiger partial charge in [0, 0.05) is 23.5 Å². The molecule has 0 saturated heterocycles. The normalized spacial score (nSPS) is 14.0. The number of aliphatic hydroxyl groups excluding tert-OH is 1. The van der Waals surface area contributed by atoms with E-state index < -0.39 is 6.10 Å². The number of nitrogens with one attached hydrogen (secondary N) is 1. The lowest BCUT2D eigenvalue weighted by Crippen LogP contribution is -2.33. The van der Waals surface area contributed by atoms with Crippen molar-refractivity contribution in [1.82, 2.24) is 14.7 Å². The zero-order chi connectivity index (χ0) is 17.3. The van der Waals surface area contributed by atoms with Crippen molar-refractivity contribution in [3.05, 3.63) is 28.7 Å². The van der Waals surface area contributed by atoms with Gasteiger partial charge in [-0.2, -0.15) is 0 Å². The van der Waals surface area contributed by atoms with Gasteiger partial charge in [0.05, 0.1) is 17.4 Å². The van der Waals surface area contributed by atoms with Crippen LogP contribution in [0.3, 0.4) is 0 Å². The van der Waals surface area contributed by atoms with Crippen LogP contribution in [0.1, 0.15) is 67.0 Å². The van der Waals surface area contributed by atoms with E-state index in [1.165, 1.54) is 0 Å². The third-order valence-corrected chi connectivity index (χ3v) is 4.36. The largest absolute Gasteiger partial charge is 0.504 e. The predicted molar refractivity (Wildman–Crippen MR) is 88.8 cm³/mol. The van der Waals surface area contributed by atoms with E-state index in [0.29, 0.717) is 12.1 Å². The monoisotopic (exact) mass is 319 g/mol. The van der Waals surface area contributed by atoms with Crippen molar-refractivity contribution in [3.8, 4) is 5.75 Å². The third kappa shape index (κ3) is 3.03. The fraction of sp³-hybridized carbons (Fsp3) is 0.529. The van der Waals surface area contributed by atoms with Gasteiger partial charge >= 0.3 is 0 Å². The lowest BCUT2D eigenvalue weighted by Gasteiger charge is -2.18. The van der Waals surface area contributed by atoms with Crippen LogP contribution >= 0.6 is 0 Å². The van der Waals surface area contributed by atoms with Crippen LogP contribution in [0.2, 0.25) is 0 Å². The second kappa shape index (κ2) is 6.58. The van der Waals surface area contributed by atoms with Gasteiger partial charge in [0.15, 0.2) is 11.4 Å². The first kappa shape index (κ1) is 17.3. The molecule has 2 rings (SSSR count). The summed E-state index contributed by atoms with van der Waals surface area (Å²) in [4.78, 5) is 16.9. The van der Waals surface area contributed by atoms with Crippen LogP contribution in [0, 0.1) is 13.8 Å². The summed E-state index contributed by atoms with van der Waals surface area (Å²) in [6, 6.07) is 0.0116. The van der Waals surface area contributed by atoms with Gasteiger partial charge in [-0.1, -0.05) is 13.8 Å². The Morgan fingerprint density at radius 1 is 1.35 bits per heavy atom. The number of aryl methyl sites for hydroxylation is 2. The first-order valence-electron chi connectivity index (χ1n) is 8.01. The van der Waals surface area contributed by atoms with Crippen molar-refractivity contribution in [2.75, 3.05) is 0 Å². The number of imidazole rings is 1. The van der Waals surface area contributed by atoms with E-state index in [-0.39, 0.29) is 28.8 Å². The number of aromatic nitrogens is 2. The summed E-state index contributed by atoms with van der Waals surface area (Å²) >= 11 is 0. The van der Waals surface area contributed by atoms with E-state index in [4.69, 9.17) is 0 Å². The zero-order valence-electron chi connectivity index (χ0n) is 14.3. The van der Waals surface area contributed by atoms with E-state index in [1.54, 1.807) is 17.5 Å². The Morgan fingerprint density at radius 3 is 2.57 bits per heavy atom. The summed E-state index contributed by atoms with van der Waals surface area (Å²) < 4.78 is 1.70. The maximum absolute atomic E-state index is 12.6. The van der Waals surface area contributed by atoms with E-state index in [1.807, 2.05) is 27.7 Å². The Kier molecular flexibility index (Phi) is 4.94. The summed E-state index contributed by atoms with van der Waals surface area (Å²) in [6.07, 6.45) is 1.92. The Bertz CT molecular complexity index is 736. The number of fused-ring (bicyclic) bond motifs is 1. The average Bonchev–Trinajstić information content (AvgIpc) is 2.82. The Hall–Kier alpha value is -2.08. The maximum atomic E-state index is 12.6. The van der Waals surface area contributed by atoms with Crippen LogP contribution in [0.4, 0.5) is 0 Å². The Morgan fingerprint density at radius 2 is 2.00 bits per heavy atom. The van der Waals surface area contributed by atoms with E-state index in [2.05, 4.69) is 10.3 Å². The fourth-order valence-electron chi connectivity index (χ4n) is 2.52. The highest BCUT2D eigenvalue weighted by Gasteiger charge is 2.25. The second-order valence-corrected chi connectivity index (χ2v) is 5.99. The summed E-state index contributed by atoms with van der Waals surface area (Å²) in [5, 5.41) is 23.8. The number of carbonyl (C=O) groups is 1. The van der Waals surface area contributed by atoms with Gasteiger partial charge in [0.25, 0.3) is 5.91 Å². The first-order valence-corrected chi connectivity index (χ1v) is 8.01. The van der Waals surface area contributed by atoms with Gasteiger partial charge in [-0.05, 0) is 33.6 Å². The van der Waals surface area contributed by atoms with Gasteiger partial charge in [0.2, 0.25) is 0 Å². The van der Waals surface area contributed by atoms with Crippen molar-refractivity contribution < 1.29 is 15.0 Å². The van der Waals surface area contributed by atoms with Crippen LogP contribution < -0.4 is 5.32 Å². The van der Waals surface area contributed by atoms with Crippen LogP contribution in [-0.2, 0) is 0 Å². The first-order chi connectivity index (χ1) is 10.8. The lowest BCUT2D eigenvalue weighted by molar-refractivity contribution is 0.0929. The SMILES string of the molecule is CCC(C)NC(=O)c1cn2c(C)c(C)nc2c(O)c1C(O)CC. The standard InChI is InChI=1S/C17H25N3O3/c1-6-9(3)18-17(23)12-8-20-11(5)10(4)19-16(20)15(22)14(12)13(21)7-2/h8-9,13,21-22H,6-7H2,1-5H3,(H,18,23). The molecule has 0 spiro atoms. The molecule has 0 aliphatic heterocycles. The van der Waals surface area contributed by atoms with Crippen molar-refractivity contribution in [1.29, 1.82) is 0 Å². The minimum Gasteiger partial charge on any atom is -0.504 e. The minimum absolute atomic E-state index is 0.0116. The molecule has 2 aromatic heterocycles. The molecular formula is C17H25N3O3. The van der Waals surface area contributed by atoms with Crippen LogP contribution in [0.15, 0.2) is 6.20 Å². The number of rotatable bonds is 5. The number of hydrogen-bond acceptors (Lipinski definition) is 4. The van der Waals surface area contributed by atoms with Crippen LogP contribution in [-0.4, -0.2) is 31.5 Å². The molecule has 6 nitrogen and oxygen atoms in total. The average molecular weight is 319 g/mol. The van der Waals surface area contributed by atoms with Crippen molar-refractivity contribution in [3.63, 3.8) is 0 Å². The number of aliphatic hydroxyl groups is 1. The summed E-state index contributed by atoms with van der Waals surface area (Å²) in [5.74, 6) is -0.433. The molecule has 1 amide bonds. The number of pyridine rings is 1. The molecular weight excluding hydrogens is 294 g/mol. The molecule has 2 atom stereocenters. The number of aromatic hydroxyl groups is 1. The maximum Gasteiger partial charge on any atom is 0.253 e. The molecule has 0 saturated carbocycles. The molecule has 0 aliphatic rings. The number of carbonyl (C=O) groups excluding carboxylic acids is 1. The summed E-state index contributed by atoms with van der Waals surface area (Å²) in [5.41, 5.74) is 2.51. The fourth-order valence-corrected chi connectivity index (χ4v) is 2.52. The highest BCUT2D eigenvalue weighted by atomic mass is 16.3. The molecule has 6 heteroatoms. The Labute approximate surface area is 136 Å². The molecule has 0 fully saturated rings. The number of nitrogens with zero attached hydrogens (tertiary/aromatic N) is 2. The quantitative estimate of drug-likeness (QED) is 0.790. The van der Waals surface area contributed by atoms with Gasteiger partial charge in [-0.15, -0.1) is 0 Å². The third-order valence-electron chi connectivity index (χ3n) is 4.36. The summed E-state index contributed by atoms with van der Waals surface area (Å²) in [6.45, 7) is 9.42. The number of amides is 1. The number of hydrogen-bond donors (Lipinski definition) is 3. The highest BCUT2D eigenvalue weighted by molar-refractivity contribution is 5.97. The van der Waals surface area contributed by atoms with Crippen molar-refractivity contribution >= 4 is 11.6 Å². The van der Waals surface area contributed by atoms with Crippen molar-refractivity contribution in [2.24, 2.45) is 0 Å². The molecule has 0 aliphatic carbocycles. The zero-order valence-corrected chi connectivity index (χ0v) is 14.3. The molecule has 2 aromatic rings. The lowest BCUT2D eigenvalue weighted by atomic mass is 10.0. The van der Waals surface area contributed by atoms with Gasteiger partial charge in [0.1, 0.15) is 0 Å². The predicted octanol–water partition coefficient (Wildman–Crippen LogP) is 2.63. The topological polar surface area (TPSA) is 86.9 Å². The van der Waals surface area contributed by atoms with E-state index >= 15 is 0 Å². The van der Waals surface area contributed by atoms with E-state index in [9.17, 15) is 15.0 Å². The summed E-state index contributed by atoms with van der Waals surface area (Å²) in [7, 11) is 0. The Balaban J connectivity index is 2.69. The second-order valence-electron chi connectivity index (χ2n) is 5.99. The van der Waals surface area contributed by atoms with E-state index in [0.717, 1.165) is 17.8 Å². The minimum atomic E-state index is -0.921. The molecule has 3 N–H and O–H groups in total. The molecule has 0 aromatic carbocycles. The highest BCUT2D eigenvalue weighted by Crippen LogP contribution is 2.34. The smallest absolute Gasteiger partial charge is 0.253 e. The van der Waals surface area contributed by atoms with Gasteiger partial charge < -0.3 is 19.9 Å². The van der Waals surface area contributed by atoms with Gasteiger partial charge in [-0.3, -0.25) is 4.79 Å². The molecule has 126 valence electrons. The molecule has 23 heavy (non-hydrogen) atoms. The molecule has 2 heterocycles. The van der Waals surface area contributed by atoms with Crippen LogP contribution in [0.5, 0.6) is 5.75 Å². The molecule has 0 radical (unpaired) electrons. The molecule has 2 unspecified atom stereocenters. The molecule has 0 bridgehead atoms.